The number of amides is 1. The normalized spacial score (nSPS) is 19.5. The molecule has 6 nitrogen and oxygen atoms in total. The summed E-state index contributed by atoms with van der Waals surface area (Å²) in [6, 6.07) is 3.65. The molecule has 3 unspecified atom stereocenters. The van der Waals surface area contributed by atoms with Crippen LogP contribution in [0.4, 0.5) is 17.6 Å². The van der Waals surface area contributed by atoms with Crippen molar-refractivity contribution in [3.05, 3.63) is 88.5 Å². The molecule has 248 valence electrons. The molecule has 2 aromatic rings. The number of fused-ring (bicyclic) bond motifs is 1. The van der Waals surface area contributed by atoms with E-state index in [0.29, 0.717) is 48.7 Å². The fourth-order valence-corrected chi connectivity index (χ4v) is 6.11. The second-order valence-corrected chi connectivity index (χ2v) is 12.2. The Morgan fingerprint density at radius 2 is 2.00 bits per heavy atom. The van der Waals surface area contributed by atoms with Gasteiger partial charge in [0.25, 0.3) is 5.91 Å². The number of nitrogens with zero attached hydrogens (tertiary/aromatic N) is 2. The number of hydrogen-bond acceptors (Lipinski definition) is 4. The maximum absolute atomic E-state index is 15.1. The summed E-state index contributed by atoms with van der Waals surface area (Å²) in [5.41, 5.74) is 3.11. The van der Waals surface area contributed by atoms with Gasteiger partial charge in [0.2, 0.25) is 0 Å². The lowest BCUT2D eigenvalue weighted by molar-refractivity contribution is -0.160. The number of benzene rings is 1. The van der Waals surface area contributed by atoms with Crippen molar-refractivity contribution in [3.63, 3.8) is 0 Å². The second-order valence-electron chi connectivity index (χ2n) is 12.2. The summed E-state index contributed by atoms with van der Waals surface area (Å²) in [6.07, 6.45) is 9.89. The number of halogens is 4. The summed E-state index contributed by atoms with van der Waals surface area (Å²) in [5.74, 6) is -2.98. The fraction of sp³-hybridized carbons (Fsp3) is 0.472. The predicted molar refractivity (Wildman–Crippen MR) is 172 cm³/mol. The molecule has 10 heteroatoms. The van der Waals surface area contributed by atoms with Gasteiger partial charge in [0.15, 0.2) is 5.78 Å². The number of ether oxygens (including phenoxy) is 1. The fourth-order valence-electron chi connectivity index (χ4n) is 6.11. The van der Waals surface area contributed by atoms with E-state index in [1.54, 1.807) is 32.3 Å². The third-order valence-electron chi connectivity index (χ3n) is 8.74. The minimum Gasteiger partial charge on any atom is -0.383 e. The van der Waals surface area contributed by atoms with Gasteiger partial charge >= 0.3 is 6.18 Å². The maximum Gasteiger partial charge on any atom is 0.395 e. The molecule has 46 heavy (non-hydrogen) atoms. The van der Waals surface area contributed by atoms with E-state index in [4.69, 9.17) is 9.84 Å². The largest absolute Gasteiger partial charge is 0.395 e. The molecule has 0 saturated heterocycles. The molecule has 2 aliphatic rings. The highest BCUT2D eigenvalue weighted by Crippen LogP contribution is 2.38. The van der Waals surface area contributed by atoms with Crippen LogP contribution in [0.2, 0.25) is 0 Å². The van der Waals surface area contributed by atoms with Crippen molar-refractivity contribution >= 4 is 22.6 Å². The van der Waals surface area contributed by atoms with Gasteiger partial charge in [0, 0.05) is 49.7 Å². The number of alkyl halides is 3. The molecule has 1 N–H and O–H groups in total. The number of rotatable bonds is 14. The summed E-state index contributed by atoms with van der Waals surface area (Å²) >= 11 is 0. The van der Waals surface area contributed by atoms with Crippen LogP contribution >= 0.6 is 0 Å². The number of methoxy groups -OCH3 is 1. The third-order valence-corrected chi connectivity index (χ3v) is 8.74. The van der Waals surface area contributed by atoms with E-state index in [0.717, 1.165) is 35.7 Å². The van der Waals surface area contributed by atoms with Crippen LogP contribution in [0.25, 0.3) is 10.9 Å². The van der Waals surface area contributed by atoms with Crippen molar-refractivity contribution in [1.82, 2.24) is 15.1 Å². The zero-order valence-corrected chi connectivity index (χ0v) is 26.9. The van der Waals surface area contributed by atoms with Crippen molar-refractivity contribution < 1.29 is 31.9 Å². The number of nitrogens with one attached hydrogen (secondary N) is 1. The lowest BCUT2D eigenvalue weighted by atomic mass is 9.83. The number of carbonyl (C=O) groups excluding carboxylic acids is 2. The van der Waals surface area contributed by atoms with E-state index in [2.05, 4.69) is 12.2 Å². The summed E-state index contributed by atoms with van der Waals surface area (Å²) < 4.78 is 61.7. The van der Waals surface area contributed by atoms with E-state index in [1.807, 2.05) is 29.9 Å². The minimum absolute atomic E-state index is 0.0341. The van der Waals surface area contributed by atoms with E-state index < -0.39 is 29.6 Å². The van der Waals surface area contributed by atoms with Crippen molar-refractivity contribution in [2.75, 3.05) is 20.3 Å². The van der Waals surface area contributed by atoms with E-state index in [1.165, 1.54) is 18.2 Å². The number of aromatic nitrogens is 2. The quantitative estimate of drug-likeness (QED) is 0.128. The van der Waals surface area contributed by atoms with Crippen LogP contribution in [0.1, 0.15) is 68.3 Å². The molecule has 0 bridgehead atoms. The van der Waals surface area contributed by atoms with Crippen LogP contribution < -0.4 is 5.32 Å². The van der Waals surface area contributed by atoms with E-state index >= 15 is 4.39 Å². The molecule has 0 saturated carbocycles. The molecule has 1 amide bonds. The molecular weight excluding hydrogens is 598 g/mol. The first-order chi connectivity index (χ1) is 21.9. The molecular formula is C36H43F4N3O3. The minimum atomic E-state index is -4.35. The summed E-state index contributed by atoms with van der Waals surface area (Å²) in [5, 5.41) is 8.53. The van der Waals surface area contributed by atoms with Crippen molar-refractivity contribution in [1.29, 1.82) is 0 Å². The molecule has 0 spiro atoms. The summed E-state index contributed by atoms with van der Waals surface area (Å²) in [6.45, 7) is 7.26. The van der Waals surface area contributed by atoms with Gasteiger partial charge in [-0.1, -0.05) is 49.8 Å². The standard InChI is InChI=1S/C36H43F4N3O3/c1-5-8-25(21-43-22-31-24(3)29(15-16-33(31)42-43)35(45)41-17-18-46-4)10-6-9-23(2)34(44)30-14-13-27(20-32(30)37)26-11-7-12-28(19-26)36(38,39)40/h7,9,11,13-16,19,22,25,27-28H,5-6,8,10,12,17-18,20-21H2,1-4H3,(H,41,45). The Morgan fingerprint density at radius 3 is 2.70 bits per heavy atom. The maximum atomic E-state index is 15.1. The van der Waals surface area contributed by atoms with Crippen molar-refractivity contribution in [2.45, 2.75) is 72.0 Å². The van der Waals surface area contributed by atoms with Gasteiger partial charge in [0.05, 0.1) is 23.6 Å². The molecule has 4 rings (SSSR count). The van der Waals surface area contributed by atoms with Crippen LogP contribution in [0.5, 0.6) is 0 Å². The topological polar surface area (TPSA) is 73.2 Å². The van der Waals surface area contributed by atoms with Gasteiger partial charge in [-0.15, -0.1) is 0 Å². The first kappa shape index (κ1) is 35.1. The zero-order valence-electron chi connectivity index (χ0n) is 26.9. The average molecular weight is 642 g/mol. The molecule has 0 fully saturated rings. The third kappa shape index (κ3) is 8.72. The van der Waals surface area contributed by atoms with Crippen LogP contribution in [-0.4, -0.2) is 47.9 Å². The van der Waals surface area contributed by atoms with Crippen LogP contribution in [0, 0.1) is 24.7 Å². The lowest BCUT2D eigenvalue weighted by Crippen LogP contribution is -2.27. The molecule has 0 radical (unpaired) electrons. The molecule has 1 aromatic heterocycles. The number of allylic oxidation sites excluding steroid dienone is 10. The summed E-state index contributed by atoms with van der Waals surface area (Å²) in [4.78, 5) is 25.7. The van der Waals surface area contributed by atoms with Gasteiger partial charge in [-0.2, -0.15) is 18.3 Å². The Labute approximate surface area is 267 Å². The van der Waals surface area contributed by atoms with Crippen molar-refractivity contribution in [2.24, 2.45) is 17.8 Å². The van der Waals surface area contributed by atoms with Crippen LogP contribution in [0.3, 0.4) is 0 Å². The number of Topliss-reactive ketones (excluding diaryl/α,β-unsaturated/α-hetero) is 1. The Kier molecular flexibility index (Phi) is 11.9. The van der Waals surface area contributed by atoms with Crippen LogP contribution in [-0.2, 0) is 16.1 Å². The number of hydrogen-bond donors (Lipinski definition) is 1. The highest BCUT2D eigenvalue weighted by Gasteiger charge is 2.39. The van der Waals surface area contributed by atoms with Crippen molar-refractivity contribution in [3.8, 4) is 0 Å². The highest BCUT2D eigenvalue weighted by molar-refractivity contribution is 6.10. The lowest BCUT2D eigenvalue weighted by Gasteiger charge is -2.24. The smallest absolute Gasteiger partial charge is 0.383 e. The van der Waals surface area contributed by atoms with Crippen LogP contribution in [0.15, 0.2) is 77.3 Å². The molecule has 0 aliphatic heterocycles. The van der Waals surface area contributed by atoms with E-state index in [-0.39, 0.29) is 24.3 Å². The molecule has 1 heterocycles. The Bertz CT molecular complexity index is 1580. The monoisotopic (exact) mass is 641 g/mol. The average Bonchev–Trinajstić information content (AvgIpc) is 3.44. The van der Waals surface area contributed by atoms with Gasteiger partial charge in [-0.05, 0) is 74.3 Å². The number of carbonyl (C=O) groups is 2. The first-order valence-electron chi connectivity index (χ1n) is 15.9. The molecule has 3 atom stereocenters. The second kappa shape index (κ2) is 15.7. The predicted octanol–water partition coefficient (Wildman–Crippen LogP) is 8.30. The Balaban J connectivity index is 1.37. The Hall–Kier alpha value is -3.79. The molecule has 1 aromatic carbocycles. The Morgan fingerprint density at radius 1 is 1.22 bits per heavy atom. The SMILES string of the molecule is CCCC(CCC=C(C)C(=O)C1=C(F)CC(C2=CC(C(F)(F)F)CC=C2)C=C1)Cn1cc2c(C)c(C(=O)NCCOC)ccc2n1. The van der Waals surface area contributed by atoms with Gasteiger partial charge in [-0.3, -0.25) is 14.3 Å². The number of ketones is 1. The van der Waals surface area contributed by atoms with Gasteiger partial charge in [0.1, 0.15) is 5.83 Å². The summed E-state index contributed by atoms with van der Waals surface area (Å²) in [7, 11) is 1.59. The zero-order chi connectivity index (χ0) is 33.4. The first-order valence-corrected chi connectivity index (χ1v) is 15.9. The van der Waals surface area contributed by atoms with E-state index in [9.17, 15) is 22.8 Å². The number of aryl methyl sites for hydroxylation is 1. The van der Waals surface area contributed by atoms with Gasteiger partial charge < -0.3 is 10.1 Å². The molecule has 2 aliphatic carbocycles. The van der Waals surface area contributed by atoms with Gasteiger partial charge in [-0.25, -0.2) is 4.39 Å². The highest BCUT2D eigenvalue weighted by atomic mass is 19.4.